The van der Waals surface area contributed by atoms with Gasteiger partial charge in [0.2, 0.25) is 0 Å². The van der Waals surface area contributed by atoms with Crippen molar-refractivity contribution in [2.75, 3.05) is 12.3 Å². The van der Waals surface area contributed by atoms with E-state index in [0.29, 0.717) is 31.5 Å². The van der Waals surface area contributed by atoms with E-state index in [0.717, 1.165) is 5.56 Å². The third-order valence-corrected chi connectivity index (χ3v) is 2.88. The molecule has 1 amide bonds. The number of anilines is 1. The van der Waals surface area contributed by atoms with Crippen molar-refractivity contribution in [1.82, 2.24) is 5.32 Å². The molecule has 0 saturated heterocycles. The Morgan fingerprint density at radius 2 is 1.90 bits per heavy atom. The number of nitrogens with one attached hydrogen (secondary N) is 1. The molecular weight excluding hydrogens is 274 g/mol. The minimum absolute atomic E-state index is 0.177. The largest absolute Gasteiger partial charge is 0.480 e. The Kier molecular flexibility index (Phi) is 7.03. The van der Waals surface area contributed by atoms with Crippen molar-refractivity contribution in [2.24, 2.45) is 5.73 Å². The van der Waals surface area contributed by atoms with Gasteiger partial charge in [-0.3, -0.25) is 4.79 Å². The lowest BCUT2D eigenvalue weighted by molar-refractivity contribution is -0.138. The highest BCUT2D eigenvalue weighted by molar-refractivity contribution is 5.72. The first-order valence-electron chi connectivity index (χ1n) is 6.72. The smallest absolute Gasteiger partial charge is 0.407 e. The van der Waals surface area contributed by atoms with E-state index in [-0.39, 0.29) is 6.61 Å². The molecule has 1 aromatic carbocycles. The Morgan fingerprint density at radius 1 is 1.24 bits per heavy atom. The van der Waals surface area contributed by atoms with Gasteiger partial charge in [-0.1, -0.05) is 12.1 Å². The van der Waals surface area contributed by atoms with Crippen LogP contribution in [0.3, 0.4) is 0 Å². The van der Waals surface area contributed by atoms with Gasteiger partial charge in [0.15, 0.2) is 0 Å². The van der Waals surface area contributed by atoms with E-state index < -0.39 is 18.1 Å². The zero-order valence-corrected chi connectivity index (χ0v) is 11.7. The van der Waals surface area contributed by atoms with E-state index in [4.69, 9.17) is 21.3 Å². The average Bonchev–Trinajstić information content (AvgIpc) is 2.46. The molecule has 1 aromatic rings. The molecule has 0 aliphatic carbocycles. The van der Waals surface area contributed by atoms with E-state index in [1.165, 1.54) is 0 Å². The van der Waals surface area contributed by atoms with Gasteiger partial charge >= 0.3 is 12.1 Å². The molecule has 116 valence electrons. The standard InChI is InChI=1S/C14H21N3O4/c15-11-6-4-10(5-7-11)9-21-14(20)17-8-2-1-3-12(16)13(18)19/h4-7,12H,1-3,8-9,15-16H2,(H,17,20)(H,18,19). The Hall–Kier alpha value is -2.28. The number of carbonyl (C=O) groups excluding carboxylic acids is 1. The van der Waals surface area contributed by atoms with Gasteiger partial charge in [-0.05, 0) is 37.0 Å². The molecular formula is C14H21N3O4. The van der Waals surface area contributed by atoms with E-state index in [9.17, 15) is 9.59 Å². The Morgan fingerprint density at radius 3 is 2.52 bits per heavy atom. The van der Waals surface area contributed by atoms with Gasteiger partial charge in [-0.2, -0.15) is 0 Å². The first-order valence-corrected chi connectivity index (χ1v) is 6.72. The molecule has 7 nitrogen and oxygen atoms in total. The van der Waals surface area contributed by atoms with Crippen LogP contribution in [-0.2, 0) is 16.1 Å². The van der Waals surface area contributed by atoms with Crippen LogP contribution in [0.5, 0.6) is 0 Å². The fourth-order valence-corrected chi connectivity index (χ4v) is 1.62. The number of carboxylic acids is 1. The van der Waals surface area contributed by atoms with Crippen LogP contribution >= 0.6 is 0 Å². The minimum atomic E-state index is -1.01. The zero-order valence-electron chi connectivity index (χ0n) is 11.7. The molecule has 0 aliphatic heterocycles. The van der Waals surface area contributed by atoms with Crippen LogP contribution in [0.15, 0.2) is 24.3 Å². The highest BCUT2D eigenvalue weighted by atomic mass is 16.5. The maximum Gasteiger partial charge on any atom is 0.407 e. The van der Waals surface area contributed by atoms with Gasteiger partial charge in [-0.25, -0.2) is 4.79 Å². The number of amides is 1. The van der Waals surface area contributed by atoms with Crippen LogP contribution in [0.1, 0.15) is 24.8 Å². The lowest BCUT2D eigenvalue weighted by Gasteiger charge is -2.08. The van der Waals surface area contributed by atoms with Crippen LogP contribution < -0.4 is 16.8 Å². The van der Waals surface area contributed by atoms with Crippen molar-refractivity contribution in [3.63, 3.8) is 0 Å². The quantitative estimate of drug-likeness (QED) is 0.419. The second kappa shape index (κ2) is 8.80. The molecule has 0 bridgehead atoms. The molecule has 0 radical (unpaired) electrons. The topological polar surface area (TPSA) is 128 Å². The van der Waals surface area contributed by atoms with E-state index in [2.05, 4.69) is 5.32 Å². The summed E-state index contributed by atoms with van der Waals surface area (Å²) in [7, 11) is 0. The summed E-state index contributed by atoms with van der Waals surface area (Å²) in [6.07, 6.45) is 1.16. The van der Waals surface area contributed by atoms with Gasteiger partial charge in [0.05, 0.1) is 0 Å². The molecule has 0 saturated carbocycles. The summed E-state index contributed by atoms with van der Waals surface area (Å²) >= 11 is 0. The van der Waals surface area contributed by atoms with Gasteiger partial charge < -0.3 is 26.6 Å². The summed E-state index contributed by atoms with van der Waals surface area (Å²) in [6.45, 7) is 0.600. The molecule has 0 aromatic heterocycles. The number of nitrogen functional groups attached to an aromatic ring is 1. The fourth-order valence-electron chi connectivity index (χ4n) is 1.62. The van der Waals surface area contributed by atoms with Gasteiger partial charge in [0, 0.05) is 12.2 Å². The SMILES string of the molecule is Nc1ccc(COC(=O)NCCCCC(N)C(=O)O)cc1. The normalized spacial score (nSPS) is 11.7. The predicted molar refractivity (Wildman–Crippen MR) is 78.5 cm³/mol. The monoisotopic (exact) mass is 295 g/mol. The number of ether oxygens (including phenoxy) is 1. The number of unbranched alkanes of at least 4 members (excludes halogenated alkanes) is 1. The van der Waals surface area contributed by atoms with Gasteiger partial charge in [-0.15, -0.1) is 0 Å². The average molecular weight is 295 g/mol. The summed E-state index contributed by atoms with van der Waals surface area (Å²) in [5, 5.41) is 11.2. The molecule has 1 atom stereocenters. The van der Waals surface area contributed by atoms with Gasteiger partial charge in [0.25, 0.3) is 0 Å². The third kappa shape index (κ3) is 7.17. The maximum atomic E-state index is 11.4. The highest BCUT2D eigenvalue weighted by Crippen LogP contribution is 2.06. The lowest BCUT2D eigenvalue weighted by Crippen LogP contribution is -2.30. The van der Waals surface area contributed by atoms with Crippen molar-refractivity contribution in [3.8, 4) is 0 Å². The molecule has 0 spiro atoms. The number of rotatable bonds is 8. The number of alkyl carbamates (subject to hydrolysis) is 1. The molecule has 0 aliphatic rings. The van der Waals surface area contributed by atoms with Crippen molar-refractivity contribution in [2.45, 2.75) is 31.9 Å². The number of aliphatic carboxylic acids is 1. The minimum Gasteiger partial charge on any atom is -0.480 e. The molecule has 1 rings (SSSR count). The molecule has 7 heteroatoms. The lowest BCUT2D eigenvalue weighted by atomic mass is 10.1. The van der Waals surface area contributed by atoms with Crippen LogP contribution in [0, 0.1) is 0 Å². The maximum absolute atomic E-state index is 11.4. The summed E-state index contributed by atoms with van der Waals surface area (Å²) in [4.78, 5) is 21.9. The molecule has 0 fully saturated rings. The summed E-state index contributed by atoms with van der Waals surface area (Å²) < 4.78 is 5.02. The number of hydrogen-bond donors (Lipinski definition) is 4. The second-order valence-corrected chi connectivity index (χ2v) is 4.69. The van der Waals surface area contributed by atoms with Crippen molar-refractivity contribution in [3.05, 3.63) is 29.8 Å². The number of benzene rings is 1. The molecule has 1 unspecified atom stereocenters. The van der Waals surface area contributed by atoms with Crippen molar-refractivity contribution in [1.29, 1.82) is 0 Å². The Bertz CT molecular complexity index is 462. The zero-order chi connectivity index (χ0) is 15.7. The van der Waals surface area contributed by atoms with Crippen LogP contribution in [-0.4, -0.2) is 29.8 Å². The molecule has 21 heavy (non-hydrogen) atoms. The third-order valence-electron chi connectivity index (χ3n) is 2.88. The molecule has 0 heterocycles. The number of hydrogen-bond acceptors (Lipinski definition) is 5. The van der Waals surface area contributed by atoms with Crippen LogP contribution in [0.4, 0.5) is 10.5 Å². The first-order chi connectivity index (χ1) is 9.99. The van der Waals surface area contributed by atoms with Crippen molar-refractivity contribution >= 4 is 17.7 Å². The van der Waals surface area contributed by atoms with Gasteiger partial charge in [0.1, 0.15) is 12.6 Å². The van der Waals surface area contributed by atoms with Crippen molar-refractivity contribution < 1.29 is 19.4 Å². The first kappa shape index (κ1) is 16.8. The van der Waals surface area contributed by atoms with Crippen LogP contribution in [0.2, 0.25) is 0 Å². The summed E-state index contributed by atoms with van der Waals surface area (Å²) in [5.41, 5.74) is 12.4. The highest BCUT2D eigenvalue weighted by Gasteiger charge is 2.10. The number of carboxylic acid groups (broad SMARTS) is 1. The predicted octanol–water partition coefficient (Wildman–Crippen LogP) is 1.08. The number of nitrogens with two attached hydrogens (primary N) is 2. The van der Waals surface area contributed by atoms with E-state index >= 15 is 0 Å². The summed E-state index contributed by atoms with van der Waals surface area (Å²) in [6, 6.07) is 6.21. The Balaban J connectivity index is 2.09. The number of carbonyl (C=O) groups is 2. The van der Waals surface area contributed by atoms with E-state index in [1.807, 2.05) is 0 Å². The fraction of sp³-hybridized carbons (Fsp3) is 0.429. The second-order valence-electron chi connectivity index (χ2n) is 4.69. The van der Waals surface area contributed by atoms with E-state index in [1.54, 1.807) is 24.3 Å². The summed E-state index contributed by atoms with van der Waals surface area (Å²) in [5.74, 6) is -1.01. The Labute approximate surface area is 123 Å². The van der Waals surface area contributed by atoms with Crippen LogP contribution in [0.25, 0.3) is 0 Å². The molecule has 6 N–H and O–H groups in total.